The molecule has 0 radical (unpaired) electrons. The van der Waals surface area contributed by atoms with Crippen LogP contribution in [0.5, 0.6) is 0 Å². The number of hydrazine groups is 1. The van der Waals surface area contributed by atoms with Crippen molar-refractivity contribution in [3.63, 3.8) is 0 Å². The van der Waals surface area contributed by atoms with Gasteiger partial charge in [-0.3, -0.25) is 10.2 Å². The van der Waals surface area contributed by atoms with Crippen LogP contribution in [0, 0.1) is 0 Å². The number of nitrogens with one attached hydrogen (secondary N) is 2. The van der Waals surface area contributed by atoms with Crippen LogP contribution in [0.3, 0.4) is 0 Å². The van der Waals surface area contributed by atoms with Gasteiger partial charge >= 0.3 is 6.18 Å². The summed E-state index contributed by atoms with van der Waals surface area (Å²) in [4.78, 5) is 11.6. The maximum atomic E-state index is 12.5. The number of hydrogen-bond donors (Lipinski definition) is 2. The fraction of sp³-hybridized carbons (Fsp3) is 0.417. The molecular weight excluding hydrogens is 259 g/mol. The Hall–Kier alpha value is -1.76. The normalized spacial score (nSPS) is 13.2. The molecule has 1 rings (SSSR count). The van der Waals surface area contributed by atoms with Crippen LogP contribution in [-0.4, -0.2) is 31.1 Å². The molecule has 0 fully saturated rings. The van der Waals surface area contributed by atoms with Gasteiger partial charge in [-0.1, -0.05) is 6.07 Å². The van der Waals surface area contributed by atoms with Crippen molar-refractivity contribution in [3.8, 4) is 0 Å². The highest BCUT2D eigenvalue weighted by Crippen LogP contribution is 2.30. The molecule has 0 spiro atoms. The van der Waals surface area contributed by atoms with Crippen molar-refractivity contribution in [1.82, 2.24) is 10.4 Å². The molecule has 0 aliphatic rings. The molecule has 1 atom stereocenters. The summed E-state index contributed by atoms with van der Waals surface area (Å²) in [5.74, 6) is -0.331. The lowest BCUT2D eigenvalue weighted by molar-refractivity contribution is -0.137. The van der Waals surface area contributed by atoms with Crippen LogP contribution in [0.1, 0.15) is 12.5 Å². The number of carbonyl (C=O) groups is 1. The van der Waals surface area contributed by atoms with Crippen molar-refractivity contribution in [1.29, 1.82) is 0 Å². The first-order valence-corrected chi connectivity index (χ1v) is 5.62. The van der Waals surface area contributed by atoms with Crippen molar-refractivity contribution < 1.29 is 18.0 Å². The quantitative estimate of drug-likeness (QED) is 0.827. The average molecular weight is 275 g/mol. The van der Waals surface area contributed by atoms with E-state index < -0.39 is 17.8 Å². The summed E-state index contributed by atoms with van der Waals surface area (Å²) in [6, 6.07) is 4.08. The average Bonchev–Trinajstić information content (AvgIpc) is 2.27. The molecule has 1 aromatic carbocycles. The molecule has 0 unspecified atom stereocenters. The predicted octanol–water partition coefficient (Wildman–Crippen LogP) is 2.10. The minimum absolute atomic E-state index is 0.247. The number of halogens is 3. The number of rotatable bonds is 4. The zero-order valence-electron chi connectivity index (χ0n) is 10.9. The standard InChI is InChI=1S/C12H16F3N3O/c1-8(11(19)17-18(2)3)16-10-6-4-5-9(7-10)12(13,14)15/h4-8,16H,1-3H3,(H,17,19)/t8-/m0/s1. The second-order valence-electron chi connectivity index (χ2n) is 4.32. The molecule has 2 N–H and O–H groups in total. The van der Waals surface area contributed by atoms with Crippen LogP contribution in [0.25, 0.3) is 0 Å². The van der Waals surface area contributed by atoms with Crippen molar-refractivity contribution in [3.05, 3.63) is 29.8 Å². The van der Waals surface area contributed by atoms with Crippen molar-refractivity contribution >= 4 is 11.6 Å². The van der Waals surface area contributed by atoms with E-state index in [0.717, 1.165) is 12.1 Å². The first-order valence-electron chi connectivity index (χ1n) is 5.62. The summed E-state index contributed by atoms with van der Waals surface area (Å²) < 4.78 is 37.6. The number of hydrogen-bond acceptors (Lipinski definition) is 3. The van der Waals surface area contributed by atoms with E-state index in [2.05, 4.69) is 10.7 Å². The molecule has 1 aromatic rings. The number of carbonyl (C=O) groups excluding carboxylic acids is 1. The lowest BCUT2D eigenvalue weighted by Gasteiger charge is -2.19. The second kappa shape index (κ2) is 5.92. The molecule has 1 amide bonds. The van der Waals surface area contributed by atoms with Crippen LogP contribution < -0.4 is 10.7 Å². The predicted molar refractivity (Wildman–Crippen MR) is 66.4 cm³/mol. The minimum Gasteiger partial charge on any atom is -0.374 e. The number of anilines is 1. The Kier molecular flexibility index (Phi) is 4.77. The Labute approximate surface area is 109 Å². The van der Waals surface area contributed by atoms with Gasteiger partial charge in [-0.15, -0.1) is 0 Å². The Bertz CT molecular complexity index is 446. The third-order valence-electron chi connectivity index (χ3n) is 2.30. The molecule has 0 bridgehead atoms. The molecule has 0 saturated carbocycles. The van der Waals surface area contributed by atoms with Crippen molar-refractivity contribution in [2.45, 2.75) is 19.1 Å². The van der Waals surface area contributed by atoms with E-state index in [1.807, 2.05) is 0 Å². The Morgan fingerprint density at radius 2 is 1.95 bits per heavy atom. The maximum absolute atomic E-state index is 12.5. The molecule has 106 valence electrons. The molecule has 0 saturated heterocycles. The SMILES string of the molecule is C[C@H](Nc1cccc(C(F)(F)F)c1)C(=O)NN(C)C. The number of benzene rings is 1. The van der Waals surface area contributed by atoms with E-state index >= 15 is 0 Å². The van der Waals surface area contributed by atoms with Crippen LogP contribution in [0.2, 0.25) is 0 Å². The Morgan fingerprint density at radius 1 is 1.32 bits per heavy atom. The van der Waals surface area contributed by atoms with Gasteiger partial charge in [-0.05, 0) is 25.1 Å². The van der Waals surface area contributed by atoms with E-state index in [1.54, 1.807) is 21.0 Å². The Balaban J connectivity index is 2.75. The van der Waals surface area contributed by atoms with Gasteiger partial charge in [-0.2, -0.15) is 13.2 Å². The summed E-state index contributed by atoms with van der Waals surface area (Å²) >= 11 is 0. The third-order valence-corrected chi connectivity index (χ3v) is 2.30. The van der Waals surface area contributed by atoms with E-state index in [0.29, 0.717) is 0 Å². The van der Waals surface area contributed by atoms with Gasteiger partial charge in [0.1, 0.15) is 6.04 Å². The van der Waals surface area contributed by atoms with E-state index in [4.69, 9.17) is 0 Å². The van der Waals surface area contributed by atoms with Crippen LogP contribution in [-0.2, 0) is 11.0 Å². The number of amides is 1. The van der Waals surface area contributed by atoms with Gasteiger partial charge in [0.25, 0.3) is 5.91 Å². The van der Waals surface area contributed by atoms with Gasteiger partial charge in [0.15, 0.2) is 0 Å². The van der Waals surface area contributed by atoms with Gasteiger partial charge in [0.05, 0.1) is 5.56 Å². The van der Waals surface area contributed by atoms with E-state index in [-0.39, 0.29) is 11.6 Å². The molecule has 0 aromatic heterocycles. The Morgan fingerprint density at radius 3 is 2.47 bits per heavy atom. The van der Waals surface area contributed by atoms with Gasteiger partial charge < -0.3 is 5.32 Å². The molecule has 4 nitrogen and oxygen atoms in total. The van der Waals surface area contributed by atoms with Crippen molar-refractivity contribution in [2.24, 2.45) is 0 Å². The number of nitrogens with zero attached hydrogens (tertiary/aromatic N) is 1. The summed E-state index contributed by atoms with van der Waals surface area (Å²) in [6.07, 6.45) is -4.40. The maximum Gasteiger partial charge on any atom is 0.416 e. The molecule has 19 heavy (non-hydrogen) atoms. The lowest BCUT2D eigenvalue weighted by atomic mass is 10.2. The highest BCUT2D eigenvalue weighted by atomic mass is 19.4. The largest absolute Gasteiger partial charge is 0.416 e. The van der Waals surface area contributed by atoms with Gasteiger partial charge in [0, 0.05) is 19.8 Å². The summed E-state index contributed by atoms with van der Waals surface area (Å²) in [5.41, 5.74) is 2.01. The molecular formula is C12H16F3N3O. The number of alkyl halides is 3. The van der Waals surface area contributed by atoms with Gasteiger partial charge in [0.2, 0.25) is 0 Å². The monoisotopic (exact) mass is 275 g/mol. The summed E-state index contributed by atoms with van der Waals surface area (Å²) in [5, 5.41) is 4.19. The topological polar surface area (TPSA) is 44.4 Å². The van der Waals surface area contributed by atoms with E-state index in [9.17, 15) is 18.0 Å². The summed E-state index contributed by atoms with van der Waals surface area (Å²) in [6.45, 7) is 1.57. The fourth-order valence-electron chi connectivity index (χ4n) is 1.42. The smallest absolute Gasteiger partial charge is 0.374 e. The van der Waals surface area contributed by atoms with Crippen molar-refractivity contribution in [2.75, 3.05) is 19.4 Å². The second-order valence-corrected chi connectivity index (χ2v) is 4.32. The third kappa shape index (κ3) is 4.78. The first kappa shape index (κ1) is 15.3. The van der Waals surface area contributed by atoms with Crippen LogP contribution in [0.4, 0.5) is 18.9 Å². The highest BCUT2D eigenvalue weighted by molar-refractivity contribution is 5.83. The zero-order valence-corrected chi connectivity index (χ0v) is 10.9. The first-order chi connectivity index (χ1) is 8.70. The molecule has 0 aliphatic carbocycles. The summed E-state index contributed by atoms with van der Waals surface area (Å²) in [7, 11) is 3.30. The van der Waals surface area contributed by atoms with Crippen LogP contribution in [0.15, 0.2) is 24.3 Å². The van der Waals surface area contributed by atoms with Gasteiger partial charge in [-0.25, -0.2) is 5.01 Å². The molecule has 0 heterocycles. The highest BCUT2D eigenvalue weighted by Gasteiger charge is 2.30. The zero-order chi connectivity index (χ0) is 14.6. The molecule has 0 aliphatic heterocycles. The van der Waals surface area contributed by atoms with E-state index in [1.165, 1.54) is 17.1 Å². The minimum atomic E-state index is -4.40. The molecule has 7 heteroatoms. The van der Waals surface area contributed by atoms with Crippen LogP contribution >= 0.6 is 0 Å². The lowest BCUT2D eigenvalue weighted by Crippen LogP contribution is -2.44. The fourth-order valence-corrected chi connectivity index (χ4v) is 1.42.